The van der Waals surface area contributed by atoms with E-state index in [-0.39, 0.29) is 12.6 Å². The molecule has 1 unspecified atom stereocenters. The third-order valence-corrected chi connectivity index (χ3v) is 5.67. The van der Waals surface area contributed by atoms with Gasteiger partial charge in [0.15, 0.2) is 0 Å². The minimum atomic E-state index is -0.498. The minimum absolute atomic E-state index is 0.226. The number of allylic oxidation sites excluding steroid dienone is 4. The molecule has 8 heteroatoms. The minimum Gasteiger partial charge on any atom is -0.494 e. The van der Waals surface area contributed by atoms with E-state index in [0.29, 0.717) is 42.3 Å². The Bertz CT molecular complexity index is 1090. The summed E-state index contributed by atoms with van der Waals surface area (Å²) >= 11 is 0. The Morgan fingerprint density at radius 1 is 1.00 bits per heavy atom. The molecule has 1 aliphatic rings. The van der Waals surface area contributed by atoms with Gasteiger partial charge >= 0.3 is 17.9 Å². The molecule has 0 saturated heterocycles. The lowest BCUT2D eigenvalue weighted by atomic mass is 10.0. The molecule has 0 saturated carbocycles. The van der Waals surface area contributed by atoms with Gasteiger partial charge in [-0.1, -0.05) is 30.9 Å². The molecule has 0 bridgehead atoms. The van der Waals surface area contributed by atoms with Crippen LogP contribution in [0, 0.1) is 0 Å². The zero-order valence-corrected chi connectivity index (χ0v) is 23.0. The molecule has 210 valence electrons. The Labute approximate surface area is 230 Å². The monoisotopic (exact) mass is 538 g/mol. The van der Waals surface area contributed by atoms with Gasteiger partial charge in [-0.3, -0.25) is 0 Å². The number of rotatable bonds is 16. The number of esters is 3. The quantitative estimate of drug-likeness (QED) is 0.0856. The number of unbranched alkanes of at least 4 members (excludes halogenated alkanes) is 3. The van der Waals surface area contributed by atoms with Crippen molar-refractivity contribution in [3.63, 3.8) is 0 Å². The van der Waals surface area contributed by atoms with Crippen LogP contribution in [0.25, 0.3) is 0 Å². The smallest absolute Gasteiger partial charge is 0.343 e. The second-order valence-corrected chi connectivity index (χ2v) is 8.86. The van der Waals surface area contributed by atoms with Crippen LogP contribution in [0.1, 0.15) is 56.3 Å². The molecule has 0 aliphatic heterocycles. The molecule has 39 heavy (non-hydrogen) atoms. The Balaban J connectivity index is 1.76. The first-order chi connectivity index (χ1) is 18.8. The van der Waals surface area contributed by atoms with Crippen LogP contribution in [0.2, 0.25) is 0 Å². The number of methoxy groups -OCH3 is 1. The lowest BCUT2D eigenvalue weighted by molar-refractivity contribution is -0.139. The average Bonchev–Trinajstić information content (AvgIpc) is 2.94. The first-order valence-electron chi connectivity index (χ1n) is 13.0. The summed E-state index contributed by atoms with van der Waals surface area (Å²) in [6.45, 7) is 8.20. The van der Waals surface area contributed by atoms with Crippen LogP contribution in [0.15, 0.2) is 84.2 Å². The lowest BCUT2D eigenvalue weighted by Crippen LogP contribution is -2.21. The van der Waals surface area contributed by atoms with Gasteiger partial charge in [0, 0.05) is 25.2 Å². The van der Waals surface area contributed by atoms with Crippen LogP contribution in [0.5, 0.6) is 5.75 Å². The number of ether oxygens (including phenoxy) is 5. The number of carbonyl (C=O) groups is 3. The van der Waals surface area contributed by atoms with E-state index in [4.69, 9.17) is 23.7 Å². The van der Waals surface area contributed by atoms with Crippen LogP contribution in [-0.2, 0) is 28.5 Å². The molecule has 1 atom stereocenters. The summed E-state index contributed by atoms with van der Waals surface area (Å²) in [5.41, 5.74) is 1.64. The largest absolute Gasteiger partial charge is 0.494 e. The highest BCUT2D eigenvalue weighted by Crippen LogP contribution is 2.25. The van der Waals surface area contributed by atoms with Crippen molar-refractivity contribution in [2.24, 2.45) is 0 Å². The van der Waals surface area contributed by atoms with Gasteiger partial charge in [-0.05, 0) is 75.4 Å². The van der Waals surface area contributed by atoms with Crippen LogP contribution in [-0.4, -0.2) is 50.9 Å². The summed E-state index contributed by atoms with van der Waals surface area (Å²) in [4.78, 5) is 35.7. The second-order valence-electron chi connectivity index (χ2n) is 8.86. The van der Waals surface area contributed by atoms with Crippen molar-refractivity contribution >= 4 is 17.9 Å². The van der Waals surface area contributed by atoms with Crippen molar-refractivity contribution < 1.29 is 38.1 Å². The molecule has 8 nitrogen and oxygen atoms in total. The van der Waals surface area contributed by atoms with Gasteiger partial charge in [0.1, 0.15) is 24.2 Å². The van der Waals surface area contributed by atoms with Gasteiger partial charge < -0.3 is 23.7 Å². The Morgan fingerprint density at radius 3 is 2.38 bits per heavy atom. The van der Waals surface area contributed by atoms with Crippen molar-refractivity contribution in [3.8, 4) is 5.75 Å². The molecule has 0 amide bonds. The van der Waals surface area contributed by atoms with Crippen molar-refractivity contribution in [1.82, 2.24) is 0 Å². The highest BCUT2D eigenvalue weighted by molar-refractivity contribution is 5.90. The van der Waals surface area contributed by atoms with Crippen molar-refractivity contribution in [3.05, 3.63) is 89.8 Å². The van der Waals surface area contributed by atoms with Gasteiger partial charge in [0.05, 0.1) is 18.8 Å². The third kappa shape index (κ3) is 12.0. The lowest BCUT2D eigenvalue weighted by Gasteiger charge is -2.22. The second kappa shape index (κ2) is 17.6. The van der Waals surface area contributed by atoms with Gasteiger partial charge in [0.2, 0.25) is 0 Å². The fourth-order valence-electron chi connectivity index (χ4n) is 3.44. The molecule has 0 aromatic heterocycles. The fourth-order valence-corrected chi connectivity index (χ4v) is 3.44. The predicted molar refractivity (Wildman–Crippen MR) is 148 cm³/mol. The molecule has 0 fully saturated rings. The Hall–Kier alpha value is -3.91. The van der Waals surface area contributed by atoms with Crippen LogP contribution < -0.4 is 4.74 Å². The molecule has 0 radical (unpaired) electrons. The van der Waals surface area contributed by atoms with Crippen LogP contribution in [0.3, 0.4) is 0 Å². The number of carbonyl (C=O) groups excluding carboxylic acids is 3. The normalized spacial score (nSPS) is 15.0. The Kier molecular flexibility index (Phi) is 14.1. The highest BCUT2D eigenvalue weighted by atomic mass is 16.6. The predicted octanol–water partition coefficient (Wildman–Crippen LogP) is 5.81. The molecular weight excluding hydrogens is 500 g/mol. The van der Waals surface area contributed by atoms with Gasteiger partial charge in [-0.25, -0.2) is 14.4 Å². The van der Waals surface area contributed by atoms with E-state index in [0.717, 1.165) is 31.3 Å². The SMILES string of the molecule is C=C(C)C(=O)OCCCCCCOc1ccc(C(=O)OC2=CC=C(/C=C/C(=O)OC/C=C/C)CC2OC)cc1. The van der Waals surface area contributed by atoms with E-state index in [2.05, 4.69) is 6.58 Å². The van der Waals surface area contributed by atoms with E-state index in [1.807, 2.05) is 6.92 Å². The molecule has 1 aliphatic carbocycles. The maximum atomic E-state index is 12.7. The van der Waals surface area contributed by atoms with Gasteiger partial charge in [-0.2, -0.15) is 0 Å². The molecule has 0 spiro atoms. The molecule has 1 aromatic rings. The summed E-state index contributed by atoms with van der Waals surface area (Å²) in [5.74, 6) is -0.227. The van der Waals surface area contributed by atoms with Crippen molar-refractivity contribution in [1.29, 1.82) is 0 Å². The molecule has 2 rings (SSSR count). The van der Waals surface area contributed by atoms with Gasteiger partial charge in [-0.15, -0.1) is 0 Å². The van der Waals surface area contributed by atoms with E-state index in [1.165, 1.54) is 13.2 Å². The number of hydrogen-bond acceptors (Lipinski definition) is 8. The topological polar surface area (TPSA) is 97.4 Å². The zero-order chi connectivity index (χ0) is 28.5. The molecule has 1 aromatic carbocycles. The first kappa shape index (κ1) is 31.3. The summed E-state index contributed by atoms with van der Waals surface area (Å²) < 4.78 is 26.9. The van der Waals surface area contributed by atoms with Crippen molar-refractivity contribution in [2.45, 2.75) is 52.1 Å². The first-order valence-corrected chi connectivity index (χ1v) is 13.0. The van der Waals surface area contributed by atoms with Crippen molar-refractivity contribution in [2.75, 3.05) is 26.9 Å². The standard InChI is InChI=1S/C31H38O8/c1-5-6-19-37-29(32)18-12-24-11-17-27(28(22-24)35-4)39-31(34)25-13-15-26(16-14-25)36-20-9-7-8-10-21-38-30(33)23(2)3/h5-6,11-18,28H,2,7-10,19-22H2,1,3-4H3/b6-5+,18-12+. The maximum Gasteiger partial charge on any atom is 0.343 e. The summed E-state index contributed by atoms with van der Waals surface area (Å²) in [7, 11) is 1.54. The average molecular weight is 539 g/mol. The fraction of sp³-hybridized carbons (Fsp3) is 0.387. The zero-order valence-electron chi connectivity index (χ0n) is 23.0. The third-order valence-electron chi connectivity index (χ3n) is 5.67. The molecular formula is C31H38O8. The van der Waals surface area contributed by atoms with Crippen LogP contribution in [0.4, 0.5) is 0 Å². The summed E-state index contributed by atoms with van der Waals surface area (Å²) in [6.07, 6.45) is 13.6. The molecule has 0 N–H and O–H groups in total. The van der Waals surface area contributed by atoms with E-state index >= 15 is 0 Å². The van der Waals surface area contributed by atoms with Gasteiger partial charge in [0.25, 0.3) is 0 Å². The number of benzene rings is 1. The number of hydrogen-bond donors (Lipinski definition) is 0. The summed E-state index contributed by atoms with van der Waals surface area (Å²) in [5, 5.41) is 0. The Morgan fingerprint density at radius 2 is 1.72 bits per heavy atom. The maximum absolute atomic E-state index is 12.7. The van der Waals surface area contributed by atoms with E-state index < -0.39 is 18.0 Å². The molecule has 0 heterocycles. The van der Waals surface area contributed by atoms with E-state index in [1.54, 1.807) is 61.6 Å². The van der Waals surface area contributed by atoms with Crippen LogP contribution >= 0.6 is 0 Å². The summed E-state index contributed by atoms with van der Waals surface area (Å²) in [6, 6.07) is 6.77. The highest BCUT2D eigenvalue weighted by Gasteiger charge is 2.23. The van der Waals surface area contributed by atoms with E-state index in [9.17, 15) is 14.4 Å².